The van der Waals surface area contributed by atoms with Gasteiger partial charge in [-0.15, -0.1) is 10.2 Å². The van der Waals surface area contributed by atoms with Crippen LogP contribution in [-0.2, 0) is 23.0 Å². The molecular weight excluding hydrogens is 196 g/mol. The van der Waals surface area contributed by atoms with Crippen molar-refractivity contribution in [2.75, 3.05) is 13.7 Å². The molecule has 1 rings (SSSR count). The first-order valence-corrected chi connectivity index (χ1v) is 4.85. The third-order valence-corrected chi connectivity index (χ3v) is 1.93. The Labute approximate surface area is 88.6 Å². The van der Waals surface area contributed by atoms with Crippen LogP contribution in [0.1, 0.15) is 19.2 Å². The Morgan fingerprint density at radius 2 is 2.33 bits per heavy atom. The molecule has 0 aliphatic carbocycles. The maximum absolute atomic E-state index is 11.5. The van der Waals surface area contributed by atoms with E-state index in [2.05, 4.69) is 15.4 Å². The van der Waals surface area contributed by atoms with Gasteiger partial charge >= 0.3 is 0 Å². The van der Waals surface area contributed by atoms with E-state index in [0.29, 0.717) is 18.9 Å². The Morgan fingerprint density at radius 3 is 2.87 bits per heavy atom. The van der Waals surface area contributed by atoms with Gasteiger partial charge in [0.25, 0.3) is 0 Å². The molecule has 1 atom stereocenters. The Bertz CT molecular complexity index is 324. The van der Waals surface area contributed by atoms with Crippen molar-refractivity contribution in [2.45, 2.75) is 19.8 Å². The highest BCUT2D eigenvalue weighted by Crippen LogP contribution is 2.04. The van der Waals surface area contributed by atoms with Gasteiger partial charge in [-0.3, -0.25) is 4.79 Å². The summed E-state index contributed by atoms with van der Waals surface area (Å²) >= 11 is 0. The number of carbonyl (C=O) groups is 1. The highest BCUT2D eigenvalue weighted by Gasteiger charge is 2.12. The topological polar surface area (TPSA) is 69.9 Å². The molecule has 0 amide bonds. The van der Waals surface area contributed by atoms with Crippen molar-refractivity contribution >= 4 is 5.78 Å². The molecule has 1 unspecified atom stereocenters. The first kappa shape index (κ1) is 11.8. The summed E-state index contributed by atoms with van der Waals surface area (Å²) < 4.78 is 4.96. The van der Waals surface area contributed by atoms with Crippen LogP contribution in [-0.4, -0.2) is 39.7 Å². The second kappa shape index (κ2) is 5.55. The Hall–Kier alpha value is -1.30. The van der Waals surface area contributed by atoms with Gasteiger partial charge in [-0.2, -0.15) is 4.80 Å². The van der Waals surface area contributed by atoms with Gasteiger partial charge in [0.1, 0.15) is 5.78 Å². The lowest BCUT2D eigenvalue weighted by Gasteiger charge is -2.07. The van der Waals surface area contributed by atoms with Crippen molar-refractivity contribution in [3.05, 3.63) is 5.82 Å². The van der Waals surface area contributed by atoms with Crippen molar-refractivity contribution in [1.82, 2.24) is 20.2 Å². The largest absolute Gasteiger partial charge is 0.384 e. The number of rotatable bonds is 6. The fourth-order valence-electron chi connectivity index (χ4n) is 1.37. The third kappa shape index (κ3) is 4.16. The molecule has 0 spiro atoms. The number of carbonyl (C=O) groups excluding carboxylic acids is 1. The van der Waals surface area contributed by atoms with Crippen LogP contribution < -0.4 is 0 Å². The van der Waals surface area contributed by atoms with Crippen molar-refractivity contribution in [2.24, 2.45) is 13.0 Å². The van der Waals surface area contributed by atoms with Crippen LogP contribution in [0.3, 0.4) is 0 Å². The lowest BCUT2D eigenvalue weighted by Crippen LogP contribution is -2.13. The average Bonchev–Trinajstić information content (AvgIpc) is 2.51. The van der Waals surface area contributed by atoms with E-state index in [1.165, 1.54) is 4.80 Å². The second-order valence-electron chi connectivity index (χ2n) is 3.68. The van der Waals surface area contributed by atoms with E-state index in [-0.39, 0.29) is 18.1 Å². The summed E-state index contributed by atoms with van der Waals surface area (Å²) in [7, 11) is 3.31. The van der Waals surface area contributed by atoms with Gasteiger partial charge in [0, 0.05) is 20.1 Å². The second-order valence-corrected chi connectivity index (χ2v) is 3.68. The highest BCUT2D eigenvalue weighted by molar-refractivity contribution is 5.80. The summed E-state index contributed by atoms with van der Waals surface area (Å²) in [6.07, 6.45) is 0.744. The standard InChI is InChI=1S/C9H16N4O2/c1-7(6-15-3)4-8(14)5-9-10-12-13(2)11-9/h7H,4-6H2,1-3H3. The van der Waals surface area contributed by atoms with Crippen molar-refractivity contribution in [3.8, 4) is 0 Å². The number of hydrogen-bond donors (Lipinski definition) is 0. The zero-order chi connectivity index (χ0) is 11.3. The SMILES string of the molecule is COCC(C)CC(=O)Cc1nnn(C)n1. The summed E-state index contributed by atoms with van der Waals surface area (Å²) in [4.78, 5) is 12.9. The van der Waals surface area contributed by atoms with Gasteiger partial charge in [0.05, 0.1) is 13.5 Å². The summed E-state index contributed by atoms with van der Waals surface area (Å²) in [6, 6.07) is 0. The molecule has 0 aliphatic heterocycles. The number of Topliss-reactive ketones (excluding diaryl/α,β-unsaturated/α-hetero) is 1. The maximum Gasteiger partial charge on any atom is 0.182 e. The van der Waals surface area contributed by atoms with Crippen LogP contribution in [0.2, 0.25) is 0 Å². The Kier molecular flexibility index (Phi) is 4.36. The van der Waals surface area contributed by atoms with E-state index in [9.17, 15) is 4.79 Å². The molecule has 15 heavy (non-hydrogen) atoms. The van der Waals surface area contributed by atoms with Gasteiger partial charge < -0.3 is 4.74 Å². The average molecular weight is 212 g/mol. The van der Waals surface area contributed by atoms with Crippen LogP contribution in [0.4, 0.5) is 0 Å². The summed E-state index contributed by atoms with van der Waals surface area (Å²) in [6.45, 7) is 2.57. The number of ether oxygens (including phenoxy) is 1. The zero-order valence-corrected chi connectivity index (χ0v) is 9.30. The number of aryl methyl sites for hydroxylation is 1. The molecule has 1 heterocycles. The highest BCUT2D eigenvalue weighted by atomic mass is 16.5. The third-order valence-electron chi connectivity index (χ3n) is 1.93. The Balaban J connectivity index is 2.36. The summed E-state index contributed by atoms with van der Waals surface area (Å²) in [5.41, 5.74) is 0. The molecule has 0 saturated carbocycles. The molecule has 6 heteroatoms. The van der Waals surface area contributed by atoms with E-state index >= 15 is 0 Å². The minimum Gasteiger partial charge on any atom is -0.384 e. The normalized spacial score (nSPS) is 12.7. The van der Waals surface area contributed by atoms with E-state index in [0.717, 1.165) is 0 Å². The summed E-state index contributed by atoms with van der Waals surface area (Å²) in [5, 5.41) is 11.4. The number of methoxy groups -OCH3 is 1. The molecule has 6 nitrogen and oxygen atoms in total. The lowest BCUT2D eigenvalue weighted by molar-refractivity contribution is -0.119. The molecule has 0 fully saturated rings. The molecular formula is C9H16N4O2. The minimum absolute atomic E-state index is 0.118. The minimum atomic E-state index is 0.118. The quantitative estimate of drug-likeness (QED) is 0.663. The smallest absolute Gasteiger partial charge is 0.182 e. The van der Waals surface area contributed by atoms with Crippen LogP contribution in [0.15, 0.2) is 0 Å². The first-order valence-electron chi connectivity index (χ1n) is 4.85. The molecule has 0 radical (unpaired) electrons. The van der Waals surface area contributed by atoms with Gasteiger partial charge in [-0.1, -0.05) is 6.92 Å². The van der Waals surface area contributed by atoms with Crippen molar-refractivity contribution < 1.29 is 9.53 Å². The number of ketones is 1. The predicted molar refractivity (Wildman–Crippen MR) is 53.2 cm³/mol. The van der Waals surface area contributed by atoms with E-state index < -0.39 is 0 Å². The van der Waals surface area contributed by atoms with E-state index in [1.807, 2.05) is 6.92 Å². The van der Waals surface area contributed by atoms with Crippen LogP contribution >= 0.6 is 0 Å². The molecule has 0 bridgehead atoms. The first-order chi connectivity index (χ1) is 7.11. The predicted octanol–water partition coefficient (Wildman–Crippen LogP) is -0.00570. The monoisotopic (exact) mass is 212 g/mol. The van der Waals surface area contributed by atoms with Gasteiger partial charge in [0.15, 0.2) is 5.82 Å². The van der Waals surface area contributed by atoms with Crippen LogP contribution in [0.25, 0.3) is 0 Å². The molecule has 1 aromatic heterocycles. The molecule has 84 valence electrons. The molecule has 1 aromatic rings. The van der Waals surface area contributed by atoms with Crippen molar-refractivity contribution in [1.29, 1.82) is 0 Å². The van der Waals surface area contributed by atoms with Gasteiger partial charge in [-0.05, 0) is 11.1 Å². The van der Waals surface area contributed by atoms with Crippen LogP contribution in [0.5, 0.6) is 0 Å². The zero-order valence-electron chi connectivity index (χ0n) is 9.30. The van der Waals surface area contributed by atoms with E-state index in [4.69, 9.17) is 4.74 Å². The number of tetrazole rings is 1. The Morgan fingerprint density at radius 1 is 1.60 bits per heavy atom. The number of hydrogen-bond acceptors (Lipinski definition) is 5. The summed E-state index contributed by atoms with van der Waals surface area (Å²) in [5.74, 6) is 0.832. The van der Waals surface area contributed by atoms with E-state index in [1.54, 1.807) is 14.2 Å². The van der Waals surface area contributed by atoms with Gasteiger partial charge in [-0.25, -0.2) is 0 Å². The molecule has 0 aromatic carbocycles. The lowest BCUT2D eigenvalue weighted by atomic mass is 10.0. The molecule has 0 N–H and O–H groups in total. The number of aromatic nitrogens is 4. The fourth-order valence-corrected chi connectivity index (χ4v) is 1.37. The maximum atomic E-state index is 11.5. The van der Waals surface area contributed by atoms with Crippen LogP contribution in [0, 0.1) is 5.92 Å². The number of nitrogens with zero attached hydrogens (tertiary/aromatic N) is 4. The van der Waals surface area contributed by atoms with Gasteiger partial charge in [0.2, 0.25) is 0 Å². The molecule has 0 aliphatic rings. The van der Waals surface area contributed by atoms with Crippen molar-refractivity contribution in [3.63, 3.8) is 0 Å². The molecule has 0 saturated heterocycles. The fraction of sp³-hybridized carbons (Fsp3) is 0.778.